The Morgan fingerprint density at radius 3 is 2.35 bits per heavy atom. The van der Waals surface area contributed by atoms with Gasteiger partial charge in [-0.15, -0.1) is 0 Å². The predicted molar refractivity (Wildman–Crippen MR) is 145 cm³/mol. The molecular weight excluding hydrogens is 438 g/mol. The molecule has 34 heavy (non-hydrogen) atoms. The van der Waals surface area contributed by atoms with Crippen LogP contribution in [0, 0.1) is 34.6 Å². The molecule has 3 aromatic rings. The van der Waals surface area contributed by atoms with Gasteiger partial charge in [0, 0.05) is 24.1 Å². The van der Waals surface area contributed by atoms with Crippen molar-refractivity contribution in [3.63, 3.8) is 0 Å². The predicted octanol–water partition coefficient (Wildman–Crippen LogP) is 5.34. The fourth-order valence-electron chi connectivity index (χ4n) is 5.50. The minimum Gasteiger partial charge on any atom is -0.352 e. The van der Waals surface area contributed by atoms with Gasteiger partial charge in [0.05, 0.1) is 23.5 Å². The maximum Gasteiger partial charge on any atom is 0.170 e. The van der Waals surface area contributed by atoms with E-state index in [2.05, 4.69) is 98.7 Å². The average molecular weight is 476 g/mol. The first-order chi connectivity index (χ1) is 16.2. The molecule has 1 aromatic carbocycles. The Morgan fingerprint density at radius 2 is 1.74 bits per heavy atom. The van der Waals surface area contributed by atoms with Crippen LogP contribution in [0.4, 0.5) is 0 Å². The lowest BCUT2D eigenvalue weighted by atomic mass is 9.96. The van der Waals surface area contributed by atoms with Crippen molar-refractivity contribution in [2.24, 2.45) is 0 Å². The van der Waals surface area contributed by atoms with E-state index < -0.39 is 0 Å². The molecule has 6 heteroatoms. The third-order valence-corrected chi connectivity index (χ3v) is 7.20. The lowest BCUT2D eigenvalue weighted by molar-refractivity contribution is 0.292. The van der Waals surface area contributed by atoms with Crippen LogP contribution in [0.25, 0.3) is 5.69 Å². The van der Waals surface area contributed by atoms with E-state index in [1.54, 1.807) is 0 Å². The Balaban J connectivity index is 1.81. The fourth-order valence-corrected chi connectivity index (χ4v) is 5.83. The minimum absolute atomic E-state index is 0.0159. The Bertz CT molecular complexity index is 1160. The summed E-state index contributed by atoms with van der Waals surface area (Å²) in [6.45, 7) is 13.0. The second-order valence-corrected chi connectivity index (χ2v) is 10.3. The Morgan fingerprint density at radius 1 is 1.03 bits per heavy atom. The van der Waals surface area contributed by atoms with E-state index in [-0.39, 0.29) is 12.1 Å². The first kappa shape index (κ1) is 24.4. The summed E-state index contributed by atoms with van der Waals surface area (Å²) in [6, 6.07) is 13.1. The smallest absolute Gasteiger partial charge is 0.170 e. The van der Waals surface area contributed by atoms with E-state index in [4.69, 9.17) is 17.2 Å². The molecule has 4 rings (SSSR count). The standard InChI is InChI=1S/C28H37N5S/c1-18-15-19(2)26(20(3)16-18)33-21(4)17-23(22(33)5)27-25(24-11-8-9-12-29-24)30-28(34)32(27)14-10-13-31(6)7/h8-9,11-12,15-17,25,27H,10,13-14H2,1-7H3,(H,30,34)/t25-,27-/m1/s1. The molecule has 0 spiro atoms. The van der Waals surface area contributed by atoms with Gasteiger partial charge in [0.1, 0.15) is 0 Å². The largest absolute Gasteiger partial charge is 0.352 e. The number of thiocarbonyl (C=S) groups is 1. The van der Waals surface area contributed by atoms with Crippen LogP contribution in [0.5, 0.6) is 0 Å². The van der Waals surface area contributed by atoms with Gasteiger partial charge in [0.2, 0.25) is 0 Å². The van der Waals surface area contributed by atoms with E-state index in [9.17, 15) is 0 Å². The number of nitrogens with one attached hydrogen (secondary N) is 1. The normalized spacial score (nSPS) is 18.1. The summed E-state index contributed by atoms with van der Waals surface area (Å²) >= 11 is 5.87. The summed E-state index contributed by atoms with van der Waals surface area (Å²) in [6.07, 6.45) is 2.92. The van der Waals surface area contributed by atoms with Crippen LogP contribution in [0.15, 0.2) is 42.6 Å². The number of hydrogen-bond acceptors (Lipinski definition) is 3. The number of benzene rings is 1. The van der Waals surface area contributed by atoms with Gasteiger partial charge in [-0.25, -0.2) is 0 Å². The lowest BCUT2D eigenvalue weighted by Crippen LogP contribution is -2.32. The molecule has 3 heterocycles. The van der Waals surface area contributed by atoms with Gasteiger partial charge in [0.25, 0.3) is 0 Å². The molecule has 0 bridgehead atoms. The molecule has 1 saturated heterocycles. The summed E-state index contributed by atoms with van der Waals surface area (Å²) in [5.41, 5.74) is 10.0. The van der Waals surface area contributed by atoms with Crippen LogP contribution in [-0.4, -0.2) is 51.6 Å². The molecule has 0 radical (unpaired) electrons. The molecule has 180 valence electrons. The van der Waals surface area contributed by atoms with E-state index in [1.807, 2.05) is 12.3 Å². The Hall–Kier alpha value is -2.70. The highest BCUT2D eigenvalue weighted by atomic mass is 32.1. The van der Waals surface area contributed by atoms with Crippen molar-refractivity contribution < 1.29 is 0 Å². The summed E-state index contributed by atoms with van der Waals surface area (Å²) in [5.74, 6) is 0. The first-order valence-electron chi connectivity index (χ1n) is 12.1. The van der Waals surface area contributed by atoms with Crippen molar-refractivity contribution in [2.45, 2.75) is 53.1 Å². The molecule has 2 aromatic heterocycles. The zero-order valence-corrected chi connectivity index (χ0v) is 22.3. The van der Waals surface area contributed by atoms with Gasteiger partial charge >= 0.3 is 0 Å². The highest BCUT2D eigenvalue weighted by Crippen LogP contribution is 2.42. The molecule has 0 unspecified atom stereocenters. The van der Waals surface area contributed by atoms with Crippen LogP contribution < -0.4 is 5.32 Å². The van der Waals surface area contributed by atoms with E-state index in [1.165, 1.54) is 39.3 Å². The molecule has 0 aliphatic carbocycles. The fraction of sp³-hybridized carbons (Fsp3) is 0.429. The van der Waals surface area contributed by atoms with Gasteiger partial charge in [-0.3, -0.25) is 4.98 Å². The van der Waals surface area contributed by atoms with Crippen molar-refractivity contribution in [1.82, 2.24) is 24.7 Å². The zero-order valence-electron chi connectivity index (χ0n) is 21.5. The molecule has 2 atom stereocenters. The third-order valence-electron chi connectivity index (χ3n) is 6.85. The van der Waals surface area contributed by atoms with Crippen LogP contribution in [-0.2, 0) is 0 Å². The molecule has 0 saturated carbocycles. The average Bonchev–Trinajstić information content (AvgIpc) is 3.24. The maximum absolute atomic E-state index is 5.87. The number of pyridine rings is 1. The number of aromatic nitrogens is 2. The van der Waals surface area contributed by atoms with Gasteiger partial charge in [-0.1, -0.05) is 23.8 Å². The second kappa shape index (κ2) is 9.88. The topological polar surface area (TPSA) is 36.3 Å². The van der Waals surface area contributed by atoms with E-state index >= 15 is 0 Å². The van der Waals surface area contributed by atoms with E-state index in [0.29, 0.717) is 0 Å². The van der Waals surface area contributed by atoms with Gasteiger partial charge in [-0.05, 0) is 109 Å². The van der Waals surface area contributed by atoms with Crippen molar-refractivity contribution >= 4 is 17.3 Å². The van der Waals surface area contributed by atoms with Crippen molar-refractivity contribution in [3.05, 3.63) is 81.9 Å². The minimum atomic E-state index is 0.0159. The van der Waals surface area contributed by atoms with Crippen molar-refractivity contribution in [3.8, 4) is 5.69 Å². The first-order valence-corrected chi connectivity index (χ1v) is 12.5. The lowest BCUT2D eigenvalue weighted by Gasteiger charge is -2.28. The molecule has 1 aliphatic heterocycles. The van der Waals surface area contributed by atoms with Crippen LogP contribution >= 0.6 is 12.2 Å². The molecule has 1 fully saturated rings. The SMILES string of the molecule is Cc1cc(C)c(-n2c(C)cc([C@@H]3[C@@H](c4ccccn4)NC(=S)N3CCCN(C)C)c2C)c(C)c1. The van der Waals surface area contributed by atoms with Crippen LogP contribution in [0.3, 0.4) is 0 Å². The van der Waals surface area contributed by atoms with Crippen molar-refractivity contribution in [2.75, 3.05) is 27.2 Å². The van der Waals surface area contributed by atoms with Gasteiger partial charge in [0.15, 0.2) is 5.11 Å². The monoisotopic (exact) mass is 475 g/mol. The highest BCUT2D eigenvalue weighted by Gasteiger charge is 2.41. The number of rotatable bonds is 7. The Labute approximate surface area is 209 Å². The number of aryl methyl sites for hydroxylation is 4. The van der Waals surface area contributed by atoms with Gasteiger partial charge in [-0.2, -0.15) is 0 Å². The second-order valence-electron chi connectivity index (χ2n) is 9.89. The maximum atomic E-state index is 5.87. The quantitative estimate of drug-likeness (QED) is 0.467. The molecular formula is C28H37N5S. The number of hydrogen-bond donors (Lipinski definition) is 1. The number of nitrogens with zero attached hydrogens (tertiary/aromatic N) is 4. The summed E-state index contributed by atoms with van der Waals surface area (Å²) in [4.78, 5) is 9.31. The summed E-state index contributed by atoms with van der Waals surface area (Å²) < 4.78 is 2.42. The molecule has 0 amide bonds. The van der Waals surface area contributed by atoms with Crippen molar-refractivity contribution in [1.29, 1.82) is 0 Å². The summed E-state index contributed by atoms with van der Waals surface area (Å²) in [5, 5.41) is 4.42. The molecule has 1 aliphatic rings. The molecule has 5 nitrogen and oxygen atoms in total. The van der Waals surface area contributed by atoms with Gasteiger partial charge < -0.3 is 19.7 Å². The summed E-state index contributed by atoms with van der Waals surface area (Å²) in [7, 11) is 4.24. The molecule has 1 N–H and O–H groups in total. The van der Waals surface area contributed by atoms with Crippen LogP contribution in [0.2, 0.25) is 0 Å². The van der Waals surface area contributed by atoms with E-state index in [0.717, 1.165) is 30.3 Å². The zero-order chi connectivity index (χ0) is 24.6. The third kappa shape index (κ3) is 4.62. The highest BCUT2D eigenvalue weighted by molar-refractivity contribution is 7.80. The Kier molecular flexibility index (Phi) is 7.10. The van der Waals surface area contributed by atoms with Crippen LogP contribution in [0.1, 0.15) is 57.8 Å².